The van der Waals surface area contributed by atoms with Crippen molar-refractivity contribution in [3.05, 3.63) is 65.0 Å². The molecule has 10 nitrogen and oxygen atoms in total. The number of anilines is 1. The van der Waals surface area contributed by atoms with E-state index in [9.17, 15) is 24.3 Å². The van der Waals surface area contributed by atoms with Crippen molar-refractivity contribution in [1.82, 2.24) is 15.5 Å². The maximum Gasteiger partial charge on any atom is 0.349 e. The van der Waals surface area contributed by atoms with Crippen LogP contribution in [0.1, 0.15) is 94.7 Å². The van der Waals surface area contributed by atoms with Crippen LogP contribution in [0.2, 0.25) is 0 Å². The highest BCUT2D eigenvalue weighted by Crippen LogP contribution is 2.33. The molecule has 1 saturated heterocycles. The topological polar surface area (TPSA) is 152 Å². The fourth-order valence-corrected chi connectivity index (χ4v) is 6.54. The van der Waals surface area contributed by atoms with Crippen LogP contribution in [0, 0.1) is 23.1 Å². The van der Waals surface area contributed by atoms with Gasteiger partial charge in [-0.25, -0.2) is 4.39 Å². The number of likely N-dealkylation sites (tertiary alicyclic amines) is 1. The first kappa shape index (κ1) is 37.4. The number of benzene rings is 2. The van der Waals surface area contributed by atoms with Gasteiger partial charge in [0.15, 0.2) is 0 Å². The van der Waals surface area contributed by atoms with Crippen molar-refractivity contribution in [3.63, 3.8) is 0 Å². The highest BCUT2D eigenvalue weighted by atomic mass is 19.3. The number of rotatable bonds is 11. The van der Waals surface area contributed by atoms with E-state index < -0.39 is 58.6 Å². The van der Waals surface area contributed by atoms with Gasteiger partial charge in [-0.2, -0.15) is 14.0 Å². The van der Waals surface area contributed by atoms with Crippen molar-refractivity contribution in [2.75, 3.05) is 18.4 Å². The molecule has 0 aromatic heterocycles. The molecular weight excluding hydrogens is 639 g/mol. The van der Waals surface area contributed by atoms with E-state index in [1.165, 1.54) is 24.3 Å². The van der Waals surface area contributed by atoms with Crippen molar-refractivity contribution < 1.29 is 37.5 Å². The normalized spacial score (nSPS) is 18.4. The molecule has 0 bridgehead atoms. The van der Waals surface area contributed by atoms with Crippen molar-refractivity contribution in [2.45, 2.75) is 102 Å². The van der Waals surface area contributed by atoms with E-state index in [0.717, 1.165) is 37.5 Å². The lowest BCUT2D eigenvalue weighted by Gasteiger charge is -2.38. The number of nitrogens with one attached hydrogen (secondary N) is 3. The Kier molecular flexibility index (Phi) is 12.1. The van der Waals surface area contributed by atoms with Gasteiger partial charge in [-0.15, -0.1) is 0 Å². The van der Waals surface area contributed by atoms with Crippen LogP contribution < -0.4 is 16.0 Å². The van der Waals surface area contributed by atoms with Crippen molar-refractivity contribution in [1.29, 1.82) is 5.26 Å². The van der Waals surface area contributed by atoms with Gasteiger partial charge in [-0.1, -0.05) is 44.4 Å². The first-order valence-corrected chi connectivity index (χ1v) is 16.8. The van der Waals surface area contributed by atoms with Crippen LogP contribution in [0.5, 0.6) is 0 Å². The van der Waals surface area contributed by atoms with Gasteiger partial charge in [0.2, 0.25) is 17.7 Å². The van der Waals surface area contributed by atoms with Gasteiger partial charge < -0.3 is 26.0 Å². The van der Waals surface area contributed by atoms with Gasteiger partial charge in [0.1, 0.15) is 11.9 Å². The average Bonchev–Trinajstić information content (AvgIpc) is 3.08. The first-order chi connectivity index (χ1) is 23.2. The summed E-state index contributed by atoms with van der Waals surface area (Å²) in [5.41, 5.74) is -1.69. The van der Waals surface area contributed by atoms with E-state index in [-0.39, 0.29) is 48.1 Å². The summed E-state index contributed by atoms with van der Waals surface area (Å²) >= 11 is 0. The molecule has 13 heteroatoms. The van der Waals surface area contributed by atoms with Gasteiger partial charge in [0.05, 0.1) is 28.8 Å². The van der Waals surface area contributed by atoms with E-state index in [2.05, 4.69) is 16.0 Å². The fourth-order valence-electron chi connectivity index (χ4n) is 6.54. The highest BCUT2D eigenvalue weighted by molar-refractivity contribution is 5.98. The minimum Gasteiger partial charge on any atom is -0.390 e. The van der Waals surface area contributed by atoms with Crippen molar-refractivity contribution >= 4 is 29.3 Å². The summed E-state index contributed by atoms with van der Waals surface area (Å²) in [6.07, 6.45) is 4.22. The maximum absolute atomic E-state index is 15.7. The summed E-state index contributed by atoms with van der Waals surface area (Å²) in [5, 5.41) is 26.9. The number of carbonyl (C=O) groups is 4. The van der Waals surface area contributed by atoms with E-state index in [1.807, 2.05) is 0 Å². The third kappa shape index (κ3) is 9.17. The molecule has 0 radical (unpaired) electrons. The predicted molar refractivity (Wildman–Crippen MR) is 176 cm³/mol. The smallest absolute Gasteiger partial charge is 0.349 e. The highest BCUT2D eigenvalue weighted by Gasteiger charge is 2.44. The third-order valence-electron chi connectivity index (χ3n) is 9.57. The van der Waals surface area contributed by atoms with Gasteiger partial charge >= 0.3 is 5.92 Å². The zero-order chi connectivity index (χ0) is 35.9. The quantitative estimate of drug-likeness (QED) is 0.266. The van der Waals surface area contributed by atoms with E-state index in [4.69, 9.17) is 5.26 Å². The molecule has 49 heavy (non-hydrogen) atoms. The Labute approximate surface area is 284 Å². The number of aliphatic hydroxyl groups is 1. The molecule has 4 rings (SSSR count). The van der Waals surface area contributed by atoms with Gasteiger partial charge in [-0.3, -0.25) is 19.2 Å². The number of nitriles is 1. The van der Waals surface area contributed by atoms with Crippen molar-refractivity contribution in [2.24, 2.45) is 5.92 Å². The number of hydrogen-bond donors (Lipinski definition) is 4. The van der Waals surface area contributed by atoms with Crippen LogP contribution in [-0.4, -0.2) is 64.4 Å². The number of nitrogens with zero attached hydrogens (tertiary/aromatic N) is 2. The summed E-state index contributed by atoms with van der Waals surface area (Å²) in [6.45, 7) is 5.57. The second-order valence-corrected chi connectivity index (χ2v) is 13.4. The van der Waals surface area contributed by atoms with Crippen LogP contribution in [-0.2, 0) is 25.1 Å². The molecule has 3 atom stereocenters. The Hall–Kier alpha value is -4.44. The zero-order valence-corrected chi connectivity index (χ0v) is 28.0. The number of alkyl halides is 2. The molecule has 0 unspecified atom stereocenters. The molecule has 4 amide bonds. The minimum atomic E-state index is -4.05. The van der Waals surface area contributed by atoms with Crippen LogP contribution >= 0.6 is 0 Å². The third-order valence-corrected chi connectivity index (χ3v) is 9.57. The van der Waals surface area contributed by atoms with Crippen LogP contribution in [0.15, 0.2) is 42.5 Å². The number of carbonyl (C=O) groups excluding carboxylic acids is 4. The molecular formula is C36H44F3N5O5. The number of amides is 4. The lowest BCUT2D eigenvalue weighted by atomic mass is 9.83. The average molecular weight is 684 g/mol. The molecule has 4 N–H and O–H groups in total. The molecule has 2 fully saturated rings. The maximum atomic E-state index is 15.7. The molecule has 264 valence electrons. The zero-order valence-electron chi connectivity index (χ0n) is 28.0. The van der Waals surface area contributed by atoms with E-state index in [0.29, 0.717) is 25.7 Å². The Balaban J connectivity index is 1.57. The second kappa shape index (κ2) is 15.8. The molecule has 1 heterocycles. The Morgan fingerprint density at radius 3 is 2.35 bits per heavy atom. The van der Waals surface area contributed by atoms with Gasteiger partial charge in [0.25, 0.3) is 5.91 Å². The molecule has 1 saturated carbocycles. The minimum absolute atomic E-state index is 0.0550. The standard InChI is InChI=1S/C36H44F3N5O5/c1-4-29(45)41-22(2)30(33(47)44-17-15-35(3,49)16-18-44)25-13-14-28(27(37)20-25)42-32(46)31(24-10-6-5-7-11-24)43-34(48)36(38,39)26-12-8-9-23(19-26)21-40/h8-9,12-14,19-20,22,24,30-31,49H,4-7,10-11,15-18H2,1-3H3,(H,41,45)(H,42,46)(H,43,48)/t22-,30-,31+/m1/s1. The molecule has 2 aliphatic rings. The summed E-state index contributed by atoms with van der Waals surface area (Å²) in [6, 6.07) is 7.96. The molecule has 2 aromatic rings. The van der Waals surface area contributed by atoms with Crippen LogP contribution in [0.25, 0.3) is 0 Å². The van der Waals surface area contributed by atoms with Gasteiger partial charge in [0, 0.05) is 31.1 Å². The van der Waals surface area contributed by atoms with Crippen LogP contribution in [0.4, 0.5) is 18.9 Å². The summed E-state index contributed by atoms with van der Waals surface area (Å²) in [7, 11) is 0. The molecule has 0 spiro atoms. The summed E-state index contributed by atoms with van der Waals surface area (Å²) in [4.78, 5) is 54.2. The number of piperidine rings is 1. The number of hydrogen-bond acceptors (Lipinski definition) is 6. The SMILES string of the molecule is CCC(=O)N[C@H](C)[C@@H](C(=O)N1CCC(C)(O)CC1)c1ccc(NC(=O)[C@@H](NC(=O)C(F)(F)c2cccc(C#N)c2)C2CCCCC2)c(F)c1. The van der Waals surface area contributed by atoms with Crippen molar-refractivity contribution in [3.8, 4) is 6.07 Å². The molecule has 2 aromatic carbocycles. The fraction of sp³-hybridized carbons (Fsp3) is 0.528. The molecule has 1 aliphatic carbocycles. The Morgan fingerprint density at radius 2 is 1.73 bits per heavy atom. The Bertz CT molecular complexity index is 1580. The van der Waals surface area contributed by atoms with Crippen LogP contribution in [0.3, 0.4) is 0 Å². The van der Waals surface area contributed by atoms with Gasteiger partial charge in [-0.05, 0) is 75.3 Å². The largest absolute Gasteiger partial charge is 0.390 e. The van der Waals surface area contributed by atoms with E-state index in [1.54, 1.807) is 31.7 Å². The lowest BCUT2D eigenvalue weighted by molar-refractivity contribution is -0.149. The monoisotopic (exact) mass is 683 g/mol. The molecule has 1 aliphatic heterocycles. The first-order valence-electron chi connectivity index (χ1n) is 16.8. The van der Waals surface area contributed by atoms with E-state index >= 15 is 13.2 Å². The Morgan fingerprint density at radius 1 is 1.06 bits per heavy atom. The number of halogens is 3. The second-order valence-electron chi connectivity index (χ2n) is 13.4. The lowest BCUT2D eigenvalue weighted by Crippen LogP contribution is -2.53. The summed E-state index contributed by atoms with van der Waals surface area (Å²) < 4.78 is 46.3. The summed E-state index contributed by atoms with van der Waals surface area (Å²) in [5.74, 6) is -9.63. The predicted octanol–water partition coefficient (Wildman–Crippen LogP) is 4.86.